The van der Waals surface area contributed by atoms with Crippen molar-refractivity contribution in [2.45, 2.75) is 452 Å². The maximum absolute atomic E-state index is 11.4. The first-order valence-corrected chi connectivity index (χ1v) is 41.2. The van der Waals surface area contributed by atoms with Gasteiger partial charge in [-0.1, -0.05) is 425 Å². The van der Waals surface area contributed by atoms with E-state index in [1.165, 1.54) is 400 Å². The van der Waals surface area contributed by atoms with Crippen LogP contribution in [0.4, 0.5) is 0 Å². The van der Waals surface area contributed by atoms with E-state index in [0.717, 1.165) is 61.0 Å². The van der Waals surface area contributed by atoms with Crippen LogP contribution in [0.3, 0.4) is 0 Å². The minimum absolute atomic E-state index is 0. The summed E-state index contributed by atoms with van der Waals surface area (Å²) in [5.74, 6) is 0. The van der Waals surface area contributed by atoms with Gasteiger partial charge in [-0.3, -0.25) is 0 Å². The van der Waals surface area contributed by atoms with Crippen LogP contribution in [0.25, 0.3) is 16.9 Å². The smallest absolute Gasteiger partial charge is 0.493 e. The molecule has 0 aromatic heterocycles. The Morgan fingerprint density at radius 3 is 0.769 bits per heavy atom. The third-order valence-corrected chi connectivity index (χ3v) is 19.6. The molecule has 0 amide bonds. The molecule has 3 heteroatoms. The van der Waals surface area contributed by atoms with Crippen LogP contribution in [-0.2, 0) is 29.3 Å². The number of unbranched alkanes of at least 4 members (excludes halogenated alkanes) is 57. The zero-order chi connectivity index (χ0) is 64.9. The summed E-state index contributed by atoms with van der Waals surface area (Å²) in [6, 6.07) is 17.5. The largest absolute Gasteiger partial charge is 2.00 e. The van der Waals surface area contributed by atoms with Crippen molar-refractivity contribution in [3.05, 3.63) is 102 Å². The second kappa shape index (κ2) is 72.3. The molecule has 1 heterocycles. The van der Waals surface area contributed by atoms with Gasteiger partial charge in [-0.25, -0.2) is 4.70 Å². The molecule has 0 radical (unpaired) electrons. The minimum Gasteiger partial charge on any atom is -0.493 e. The molecule has 1 aliphatic heterocycles. The Hall–Kier alpha value is -1.99. The van der Waals surface area contributed by atoms with Crippen molar-refractivity contribution in [1.29, 1.82) is 0 Å². The van der Waals surface area contributed by atoms with Crippen LogP contribution in [0.2, 0.25) is 0 Å². The molecule has 530 valence electrons. The van der Waals surface area contributed by atoms with E-state index in [1.54, 1.807) is 0 Å². The van der Waals surface area contributed by atoms with Gasteiger partial charge in [-0.15, -0.1) is 0 Å². The van der Waals surface area contributed by atoms with Gasteiger partial charge in [0.1, 0.15) is 0 Å². The van der Waals surface area contributed by atoms with Crippen LogP contribution in [0.5, 0.6) is 0 Å². The summed E-state index contributed by atoms with van der Waals surface area (Å²) in [7, 11) is 0. The summed E-state index contributed by atoms with van der Waals surface area (Å²) in [4.78, 5) is 0. The van der Waals surface area contributed by atoms with E-state index in [-0.39, 0.29) is 16.5 Å². The predicted molar refractivity (Wildman–Crippen MR) is 409 cm³/mol. The van der Waals surface area contributed by atoms with E-state index in [0.29, 0.717) is 0 Å². The molecule has 3 rings (SSSR count). The SMILES string of the molecule is CCCCCCC1=C(c2cccc(CCCC)c2)[N+](=[N-])C(c2cccc(CCCC)c2)=C1.[CH2-]CCCCCCCCCCCCCCCCCCCCCCCCCCCC.[CH2-]CCCCCCCCCCCCCCCCCCCCCCCCCCCC.[Ni+2]. The van der Waals surface area contributed by atoms with E-state index < -0.39 is 0 Å². The van der Waals surface area contributed by atoms with Gasteiger partial charge in [0.2, 0.25) is 11.4 Å². The first kappa shape index (κ1) is 89.0. The zero-order valence-corrected chi connectivity index (χ0v) is 63.3. The molecule has 0 saturated heterocycles. The average molecular weight is 1300 g/mol. The Morgan fingerprint density at radius 1 is 0.275 bits per heavy atom. The molecule has 0 unspecified atom stereocenters. The zero-order valence-electron chi connectivity index (χ0n) is 62.3. The van der Waals surface area contributed by atoms with Crippen LogP contribution >= 0.6 is 0 Å². The molecule has 0 N–H and O–H groups in total. The topological polar surface area (TPSA) is 25.3 Å². The Kier molecular flexibility index (Phi) is 70.7. The van der Waals surface area contributed by atoms with Crippen molar-refractivity contribution in [2.24, 2.45) is 0 Å². The van der Waals surface area contributed by atoms with Gasteiger partial charge in [0.05, 0.1) is 0 Å². The average Bonchev–Trinajstić information content (AvgIpc) is 1.70. The van der Waals surface area contributed by atoms with E-state index in [4.69, 9.17) is 0 Å². The molecule has 0 aliphatic carbocycles. The first-order chi connectivity index (χ1) is 44.5. The monoisotopic (exact) mass is 1300 g/mol. The molecular weight excluding hydrogens is 1140 g/mol. The maximum Gasteiger partial charge on any atom is 2.00 e. The number of nitrogens with zero attached hydrogens (tertiary/aromatic N) is 2. The van der Waals surface area contributed by atoms with Crippen LogP contribution < -0.4 is 0 Å². The molecule has 0 bridgehead atoms. The van der Waals surface area contributed by atoms with Gasteiger partial charge in [0.25, 0.3) is 0 Å². The molecule has 0 saturated carbocycles. The summed E-state index contributed by atoms with van der Waals surface area (Å²) >= 11 is 0. The van der Waals surface area contributed by atoms with Crippen LogP contribution in [0, 0.1) is 13.8 Å². The molecule has 0 fully saturated rings. The molecule has 91 heavy (non-hydrogen) atoms. The standard InChI is InChI=1S/C30H40N2.2C29H59.Ni/c1-4-7-10-11-18-28-23-29(26-19-12-16-24(21-26)14-8-5-2)32(31)30(28)27-20-13-17-25(22-27)15-9-6-3;2*1-3-5-7-9-11-13-15-17-19-21-23-25-27-29-28-26-24-22-20-18-16-14-12-10-8-6-4-2;/h12-13,16-17,19-23H,4-11,14-15,18H2,1-3H3;2*1,3-29H2,2H3;/q;2*-1;+2. The molecular formula is C88H158N2Ni. The summed E-state index contributed by atoms with van der Waals surface area (Å²) in [5, 5.41) is 0. The Balaban J connectivity index is 0.00000133. The Morgan fingerprint density at radius 2 is 0.505 bits per heavy atom. The van der Waals surface area contributed by atoms with Crippen LogP contribution in [0.1, 0.15) is 461 Å². The second-order valence-corrected chi connectivity index (χ2v) is 28.5. The predicted octanol–water partition coefficient (Wildman–Crippen LogP) is 31.9. The van der Waals surface area contributed by atoms with Crippen LogP contribution in [0.15, 0.2) is 60.2 Å². The molecule has 0 atom stereocenters. The number of benzene rings is 2. The first-order valence-electron chi connectivity index (χ1n) is 41.2. The molecule has 1 aliphatic rings. The quantitative estimate of drug-likeness (QED) is 0.0273. The van der Waals surface area contributed by atoms with E-state index >= 15 is 0 Å². The van der Waals surface area contributed by atoms with Gasteiger partial charge in [-0.2, -0.15) is 12.8 Å². The minimum atomic E-state index is 0. The van der Waals surface area contributed by atoms with Crippen molar-refractivity contribution in [2.75, 3.05) is 0 Å². The van der Waals surface area contributed by atoms with Crippen molar-refractivity contribution in [3.8, 4) is 0 Å². The summed E-state index contributed by atoms with van der Waals surface area (Å²) in [6.07, 6.45) is 93.7. The molecule has 2 aromatic rings. The normalized spacial score (nSPS) is 12.1. The van der Waals surface area contributed by atoms with Gasteiger partial charge in [0.15, 0.2) is 0 Å². The number of allylic oxidation sites excluding steroid dienone is 2. The van der Waals surface area contributed by atoms with Crippen molar-refractivity contribution < 1.29 is 21.2 Å². The van der Waals surface area contributed by atoms with Gasteiger partial charge in [-0.05, 0) is 73.9 Å². The Bertz CT molecular complexity index is 1750. The molecule has 2 nitrogen and oxygen atoms in total. The van der Waals surface area contributed by atoms with E-state index in [2.05, 4.69) is 103 Å². The fraction of sp³-hybridized carbons (Fsp3) is 0.795. The third kappa shape index (κ3) is 55.8. The third-order valence-electron chi connectivity index (χ3n) is 19.6. The van der Waals surface area contributed by atoms with Gasteiger partial charge < -0.3 is 19.4 Å². The summed E-state index contributed by atoms with van der Waals surface area (Å²) in [6.45, 7) is 19.2. The summed E-state index contributed by atoms with van der Waals surface area (Å²) < 4.78 is 1.45. The Labute approximate surface area is 582 Å². The van der Waals surface area contributed by atoms with Crippen LogP contribution in [-0.4, -0.2) is 4.70 Å². The maximum atomic E-state index is 11.4. The van der Waals surface area contributed by atoms with E-state index in [1.807, 2.05) is 0 Å². The number of hydrogen-bond donors (Lipinski definition) is 0. The van der Waals surface area contributed by atoms with Crippen molar-refractivity contribution in [3.63, 3.8) is 0 Å². The number of aryl methyl sites for hydroxylation is 2. The summed E-state index contributed by atoms with van der Waals surface area (Å²) in [5.41, 5.74) is 19.4. The fourth-order valence-electron chi connectivity index (χ4n) is 13.5. The fourth-order valence-corrected chi connectivity index (χ4v) is 13.5. The molecule has 2 aromatic carbocycles. The molecule has 0 spiro atoms. The number of rotatable bonds is 65. The van der Waals surface area contributed by atoms with Gasteiger partial charge >= 0.3 is 16.5 Å². The van der Waals surface area contributed by atoms with Crippen molar-refractivity contribution in [1.82, 2.24) is 0 Å². The van der Waals surface area contributed by atoms with Crippen molar-refractivity contribution >= 4 is 11.4 Å². The number of hydrogen-bond acceptors (Lipinski definition) is 0. The van der Waals surface area contributed by atoms with E-state index in [9.17, 15) is 5.53 Å². The second-order valence-electron chi connectivity index (χ2n) is 28.5. The van der Waals surface area contributed by atoms with Gasteiger partial charge in [0, 0.05) is 22.8 Å².